The van der Waals surface area contributed by atoms with Crippen LogP contribution < -0.4 is 0 Å². The first-order valence-corrected chi connectivity index (χ1v) is 12.3. The molecule has 0 saturated heterocycles. The molecule has 1 atom stereocenters. The summed E-state index contributed by atoms with van der Waals surface area (Å²) in [5.41, 5.74) is 8.40. The van der Waals surface area contributed by atoms with Crippen molar-refractivity contribution in [2.75, 3.05) is 26.2 Å². The highest BCUT2D eigenvalue weighted by molar-refractivity contribution is 5.67. The Morgan fingerprint density at radius 2 is 1.68 bits per heavy atom. The smallest absolute Gasteiger partial charge is 0.0369 e. The zero-order valence-electron chi connectivity index (χ0n) is 19.9. The van der Waals surface area contributed by atoms with Crippen molar-refractivity contribution in [3.05, 3.63) is 76.9 Å². The Morgan fingerprint density at radius 1 is 0.968 bits per heavy atom. The van der Waals surface area contributed by atoms with Crippen molar-refractivity contribution >= 4 is 5.70 Å². The van der Waals surface area contributed by atoms with Crippen molar-refractivity contribution < 1.29 is 0 Å². The Morgan fingerprint density at radius 3 is 2.39 bits per heavy atom. The van der Waals surface area contributed by atoms with E-state index in [-0.39, 0.29) is 0 Å². The predicted molar refractivity (Wildman–Crippen MR) is 133 cm³/mol. The third-order valence-corrected chi connectivity index (χ3v) is 7.31. The minimum absolute atomic E-state index is 0.642. The predicted octanol–water partition coefficient (Wildman–Crippen LogP) is 6.32. The maximum Gasteiger partial charge on any atom is 0.0369 e. The topological polar surface area (TPSA) is 6.48 Å². The molecule has 0 bridgehead atoms. The molecule has 2 aromatic carbocycles. The minimum Gasteiger partial charge on any atom is -0.371 e. The van der Waals surface area contributed by atoms with E-state index in [0.717, 1.165) is 32.0 Å². The summed E-state index contributed by atoms with van der Waals surface area (Å²) in [6.07, 6.45) is 6.78. The van der Waals surface area contributed by atoms with Crippen molar-refractivity contribution in [2.24, 2.45) is 11.8 Å². The van der Waals surface area contributed by atoms with E-state index in [4.69, 9.17) is 0 Å². The Kier molecular flexibility index (Phi) is 7.17. The molecular weight excluding hydrogens is 376 g/mol. The first kappa shape index (κ1) is 22.1. The summed E-state index contributed by atoms with van der Waals surface area (Å²) in [6, 6.07) is 15.7. The molecule has 2 nitrogen and oxygen atoms in total. The van der Waals surface area contributed by atoms with E-state index in [1.807, 2.05) is 0 Å². The van der Waals surface area contributed by atoms with Crippen molar-refractivity contribution in [3.8, 4) is 0 Å². The van der Waals surface area contributed by atoms with E-state index >= 15 is 0 Å². The van der Waals surface area contributed by atoms with E-state index in [1.165, 1.54) is 72.3 Å². The first-order valence-electron chi connectivity index (χ1n) is 12.3. The summed E-state index contributed by atoms with van der Waals surface area (Å²) in [5, 5.41) is 0. The highest BCUT2D eigenvalue weighted by atomic mass is 15.2. The summed E-state index contributed by atoms with van der Waals surface area (Å²) >= 11 is 0. The van der Waals surface area contributed by atoms with E-state index < -0.39 is 0 Å². The van der Waals surface area contributed by atoms with Gasteiger partial charge in [-0.25, -0.2) is 0 Å². The lowest BCUT2D eigenvalue weighted by Gasteiger charge is -2.37. The van der Waals surface area contributed by atoms with Crippen LogP contribution in [0.2, 0.25) is 0 Å². The second-order valence-corrected chi connectivity index (χ2v) is 10.2. The van der Waals surface area contributed by atoms with Gasteiger partial charge in [0.25, 0.3) is 0 Å². The average molecular weight is 417 g/mol. The summed E-state index contributed by atoms with van der Waals surface area (Å²) in [4.78, 5) is 5.13. The molecule has 1 aliphatic carbocycles. The maximum atomic E-state index is 4.42. The van der Waals surface area contributed by atoms with Crippen molar-refractivity contribution in [1.82, 2.24) is 9.80 Å². The Bertz CT molecular complexity index is 895. The van der Waals surface area contributed by atoms with Crippen LogP contribution in [-0.2, 0) is 19.4 Å². The summed E-state index contributed by atoms with van der Waals surface area (Å²) in [7, 11) is 0. The van der Waals surface area contributed by atoms with Crippen LogP contribution in [0.15, 0.2) is 49.0 Å². The summed E-state index contributed by atoms with van der Waals surface area (Å²) in [6.45, 7) is 16.9. The van der Waals surface area contributed by atoms with Gasteiger partial charge in [-0.1, -0.05) is 81.7 Å². The number of nitrogens with zero attached hydrogens (tertiary/aromatic N) is 2. The fraction of sp³-hybridized carbons (Fsp3) is 0.517. The molecule has 2 heterocycles. The second kappa shape index (κ2) is 10.0. The third kappa shape index (κ3) is 5.60. The van der Waals surface area contributed by atoms with E-state index in [1.54, 1.807) is 0 Å². The van der Waals surface area contributed by atoms with Crippen LogP contribution in [0.4, 0.5) is 0 Å². The Labute approximate surface area is 190 Å². The van der Waals surface area contributed by atoms with Gasteiger partial charge in [-0.05, 0) is 54.4 Å². The lowest BCUT2D eigenvalue weighted by Crippen LogP contribution is -2.39. The molecule has 1 saturated carbocycles. The van der Waals surface area contributed by atoms with Gasteiger partial charge < -0.3 is 4.90 Å². The van der Waals surface area contributed by atoms with E-state index in [9.17, 15) is 0 Å². The van der Waals surface area contributed by atoms with Crippen molar-refractivity contribution in [1.29, 1.82) is 0 Å². The largest absolute Gasteiger partial charge is 0.371 e. The molecule has 0 aromatic heterocycles. The van der Waals surface area contributed by atoms with Gasteiger partial charge in [-0.15, -0.1) is 0 Å². The van der Waals surface area contributed by atoms with Crippen molar-refractivity contribution in [2.45, 2.75) is 59.4 Å². The van der Waals surface area contributed by atoms with Crippen LogP contribution in [-0.4, -0.2) is 36.0 Å². The van der Waals surface area contributed by atoms with E-state index in [2.05, 4.69) is 79.6 Å². The average Bonchev–Trinajstić information content (AvgIpc) is 2.75. The molecule has 1 fully saturated rings. The molecule has 2 aromatic rings. The SMILES string of the molecule is C=C1c2cc(C)ccc2CCN1CC(C)CN1CCc2ccccc2C1.CC1CCC1. The zero-order chi connectivity index (χ0) is 21.8. The monoisotopic (exact) mass is 416 g/mol. The maximum absolute atomic E-state index is 4.42. The van der Waals surface area contributed by atoms with Gasteiger partial charge in [0.05, 0.1) is 0 Å². The number of rotatable bonds is 4. The molecule has 0 radical (unpaired) electrons. The highest BCUT2D eigenvalue weighted by Gasteiger charge is 2.23. The van der Waals surface area contributed by atoms with Crippen LogP contribution in [0.3, 0.4) is 0 Å². The van der Waals surface area contributed by atoms with Crippen molar-refractivity contribution in [3.63, 3.8) is 0 Å². The third-order valence-electron chi connectivity index (χ3n) is 7.31. The van der Waals surface area contributed by atoms with Gasteiger partial charge in [0.1, 0.15) is 0 Å². The van der Waals surface area contributed by atoms with Gasteiger partial charge >= 0.3 is 0 Å². The van der Waals surface area contributed by atoms with Crippen LogP contribution >= 0.6 is 0 Å². The van der Waals surface area contributed by atoms with Gasteiger partial charge in [0.15, 0.2) is 0 Å². The van der Waals surface area contributed by atoms with Gasteiger partial charge in [0, 0.05) is 44.0 Å². The lowest BCUT2D eigenvalue weighted by molar-refractivity contribution is 0.198. The highest BCUT2D eigenvalue weighted by Crippen LogP contribution is 2.29. The number of aryl methyl sites for hydroxylation is 1. The number of hydrogen-bond acceptors (Lipinski definition) is 2. The number of hydrogen-bond donors (Lipinski definition) is 0. The second-order valence-electron chi connectivity index (χ2n) is 10.2. The van der Waals surface area contributed by atoms with Crippen LogP contribution in [0.5, 0.6) is 0 Å². The van der Waals surface area contributed by atoms with Crippen LogP contribution in [0.25, 0.3) is 5.70 Å². The van der Waals surface area contributed by atoms with Gasteiger partial charge in [-0.2, -0.15) is 0 Å². The molecule has 3 aliphatic rings. The molecule has 5 rings (SSSR count). The van der Waals surface area contributed by atoms with Crippen LogP contribution in [0, 0.1) is 18.8 Å². The number of benzene rings is 2. The lowest BCUT2D eigenvalue weighted by atomic mass is 9.88. The molecule has 2 heteroatoms. The quantitative estimate of drug-likeness (QED) is 0.575. The Hall–Kier alpha value is -2.06. The zero-order valence-corrected chi connectivity index (χ0v) is 19.9. The molecule has 0 N–H and O–H groups in total. The number of fused-ring (bicyclic) bond motifs is 2. The Balaban J connectivity index is 0.000000407. The van der Waals surface area contributed by atoms with E-state index in [0.29, 0.717) is 5.92 Å². The molecule has 0 amide bonds. The molecule has 31 heavy (non-hydrogen) atoms. The van der Waals surface area contributed by atoms with Gasteiger partial charge in [-0.3, -0.25) is 4.90 Å². The molecule has 0 spiro atoms. The fourth-order valence-electron chi connectivity index (χ4n) is 5.14. The minimum atomic E-state index is 0.642. The molecular formula is C29H40N2. The van der Waals surface area contributed by atoms with Gasteiger partial charge in [0.2, 0.25) is 0 Å². The van der Waals surface area contributed by atoms with Crippen LogP contribution in [0.1, 0.15) is 60.9 Å². The first-order chi connectivity index (χ1) is 15.0. The molecule has 166 valence electrons. The summed E-state index contributed by atoms with van der Waals surface area (Å²) in [5.74, 6) is 1.71. The molecule has 2 aliphatic heterocycles. The normalized spacial score (nSPS) is 19.6. The summed E-state index contributed by atoms with van der Waals surface area (Å²) < 4.78 is 0. The molecule has 1 unspecified atom stereocenters. The standard InChI is InChI=1S/C24H30N2.C5H10/c1-18-8-9-22-11-13-26(20(3)24(22)14-18)16-19(2)15-25-12-10-21-6-4-5-7-23(21)17-25;1-5-3-2-4-5/h4-9,14,19H,3,10-13,15-17H2,1-2H3;5H,2-4H2,1H3. The fourth-order valence-corrected chi connectivity index (χ4v) is 5.14.